The zero-order valence-corrected chi connectivity index (χ0v) is 20.6. The number of nitrogens with zero attached hydrogens (tertiary/aromatic N) is 1. The topological polar surface area (TPSA) is 99.0 Å². The van der Waals surface area contributed by atoms with Gasteiger partial charge < -0.3 is 15.6 Å². The second kappa shape index (κ2) is 16.9. The summed E-state index contributed by atoms with van der Waals surface area (Å²) >= 11 is 0. The zero-order valence-electron chi connectivity index (χ0n) is 20.6. The van der Waals surface area contributed by atoms with Crippen LogP contribution < -0.4 is 5.43 Å². The van der Waals surface area contributed by atoms with Crippen LogP contribution in [-0.4, -0.2) is 34.4 Å². The lowest BCUT2D eigenvalue weighted by Gasteiger charge is -2.12. The van der Waals surface area contributed by atoms with Crippen LogP contribution in [-0.2, 0) is 0 Å². The van der Waals surface area contributed by atoms with Crippen LogP contribution in [0.2, 0.25) is 0 Å². The summed E-state index contributed by atoms with van der Waals surface area (Å²) in [4.78, 5) is 20.9. The number of carboxylic acids is 2. The first-order valence-corrected chi connectivity index (χ1v) is 13.1. The molecule has 1 aromatic carbocycles. The number of nitrogens with one attached hydrogen (secondary N) is 1. The first-order chi connectivity index (χ1) is 16.6. The summed E-state index contributed by atoms with van der Waals surface area (Å²) < 4.78 is 0. The quantitative estimate of drug-likeness (QED) is 0.433. The number of allylic oxidation sites excluding steroid dienone is 2. The standard InChI is InChI=1S/C20H36N2.C8H6O4/c1-2-4-8-12-16-19(15-11-7-3-1)20-17-13-9-5-6-10-14-18-21-22-20;9-7(10)5-3-1-2-4-6(5)8(11)12/h15,21H,1-14,16-18H2;1-4H,(H,9,10)(H,11,12)/b19-15+,22-20-;. The van der Waals surface area contributed by atoms with Gasteiger partial charge in [-0.1, -0.05) is 76.0 Å². The maximum atomic E-state index is 10.5. The number of benzene rings is 1. The van der Waals surface area contributed by atoms with E-state index in [2.05, 4.69) is 11.5 Å². The van der Waals surface area contributed by atoms with Crippen LogP contribution in [0.3, 0.4) is 0 Å². The fourth-order valence-electron chi connectivity index (χ4n) is 4.48. The molecule has 1 aliphatic heterocycles. The Morgan fingerprint density at radius 3 is 1.76 bits per heavy atom. The summed E-state index contributed by atoms with van der Waals surface area (Å²) in [6, 6.07) is 5.48. The molecule has 0 saturated carbocycles. The molecule has 0 aromatic heterocycles. The minimum absolute atomic E-state index is 0.190. The molecule has 1 heterocycles. The summed E-state index contributed by atoms with van der Waals surface area (Å²) in [5, 5.41) is 21.9. The minimum Gasteiger partial charge on any atom is -0.478 e. The highest BCUT2D eigenvalue weighted by atomic mass is 16.4. The molecule has 3 N–H and O–H groups in total. The Morgan fingerprint density at radius 1 is 0.676 bits per heavy atom. The van der Waals surface area contributed by atoms with Crippen LogP contribution in [0.5, 0.6) is 0 Å². The molecule has 6 nitrogen and oxygen atoms in total. The highest BCUT2D eigenvalue weighted by molar-refractivity contribution is 6.01. The molecule has 188 valence electrons. The second-order valence-electron chi connectivity index (χ2n) is 9.24. The average Bonchev–Trinajstić information content (AvgIpc) is 2.94. The number of carbonyl (C=O) groups is 2. The van der Waals surface area contributed by atoms with Crippen molar-refractivity contribution in [3.8, 4) is 0 Å². The molecule has 3 rings (SSSR count). The molecule has 2 aliphatic rings. The maximum Gasteiger partial charge on any atom is 0.336 e. The molecular formula is C28H42N2O4. The van der Waals surface area contributed by atoms with E-state index >= 15 is 0 Å². The van der Waals surface area contributed by atoms with Gasteiger partial charge in [-0.15, -0.1) is 0 Å². The largest absolute Gasteiger partial charge is 0.478 e. The van der Waals surface area contributed by atoms with E-state index in [1.807, 2.05) is 0 Å². The Hall–Kier alpha value is -2.63. The molecule has 0 atom stereocenters. The van der Waals surface area contributed by atoms with Gasteiger partial charge in [-0.3, -0.25) is 0 Å². The smallest absolute Gasteiger partial charge is 0.336 e. The molecule has 1 aromatic rings. The van der Waals surface area contributed by atoms with E-state index in [9.17, 15) is 9.59 Å². The van der Waals surface area contributed by atoms with E-state index in [4.69, 9.17) is 15.3 Å². The fraction of sp³-hybridized carbons (Fsp3) is 0.607. The number of hydrogen-bond acceptors (Lipinski definition) is 4. The van der Waals surface area contributed by atoms with E-state index in [-0.39, 0.29) is 11.1 Å². The predicted molar refractivity (Wildman–Crippen MR) is 138 cm³/mol. The van der Waals surface area contributed by atoms with E-state index in [1.54, 1.807) is 5.57 Å². The van der Waals surface area contributed by atoms with Crippen molar-refractivity contribution < 1.29 is 19.8 Å². The Bertz CT molecular complexity index is 749. The first-order valence-electron chi connectivity index (χ1n) is 13.1. The molecule has 1 aliphatic carbocycles. The van der Waals surface area contributed by atoms with Gasteiger partial charge >= 0.3 is 11.9 Å². The van der Waals surface area contributed by atoms with Gasteiger partial charge in [-0.2, -0.15) is 5.10 Å². The zero-order chi connectivity index (χ0) is 24.4. The summed E-state index contributed by atoms with van der Waals surface area (Å²) in [5.74, 6) is -2.46. The van der Waals surface area contributed by atoms with Crippen molar-refractivity contribution in [1.29, 1.82) is 0 Å². The first kappa shape index (κ1) is 27.6. The fourth-order valence-corrected chi connectivity index (χ4v) is 4.48. The second-order valence-corrected chi connectivity index (χ2v) is 9.24. The van der Waals surface area contributed by atoms with Crippen LogP contribution in [0.1, 0.15) is 123 Å². The van der Waals surface area contributed by atoms with Crippen LogP contribution in [0.15, 0.2) is 41.0 Å². The highest BCUT2D eigenvalue weighted by Crippen LogP contribution is 2.20. The van der Waals surface area contributed by atoms with Gasteiger partial charge in [-0.05, 0) is 62.7 Å². The maximum absolute atomic E-state index is 10.5. The molecule has 0 bridgehead atoms. The van der Waals surface area contributed by atoms with Crippen LogP contribution in [0.4, 0.5) is 0 Å². The molecule has 0 amide bonds. The lowest BCUT2D eigenvalue weighted by molar-refractivity contribution is 0.0651. The Balaban J connectivity index is 0.000000287. The summed E-state index contributed by atoms with van der Waals surface area (Å²) in [5.41, 5.74) is 5.91. The number of hydrazone groups is 1. The van der Waals surface area contributed by atoms with Crippen molar-refractivity contribution in [2.75, 3.05) is 6.54 Å². The molecule has 34 heavy (non-hydrogen) atoms. The van der Waals surface area contributed by atoms with Crippen molar-refractivity contribution in [3.63, 3.8) is 0 Å². The van der Waals surface area contributed by atoms with Crippen molar-refractivity contribution in [1.82, 2.24) is 5.43 Å². The number of hydrogen-bond donors (Lipinski definition) is 3. The number of rotatable bonds is 3. The molecule has 6 heteroatoms. The molecule has 0 unspecified atom stereocenters. The van der Waals surface area contributed by atoms with Crippen molar-refractivity contribution in [3.05, 3.63) is 47.0 Å². The third-order valence-corrected chi connectivity index (χ3v) is 6.47. The highest BCUT2D eigenvalue weighted by Gasteiger charge is 2.13. The van der Waals surface area contributed by atoms with Gasteiger partial charge in [0.05, 0.1) is 16.8 Å². The molecular weight excluding hydrogens is 428 g/mol. The van der Waals surface area contributed by atoms with Crippen LogP contribution in [0.25, 0.3) is 0 Å². The Kier molecular flexibility index (Phi) is 13.7. The average molecular weight is 471 g/mol. The van der Waals surface area contributed by atoms with E-state index in [1.165, 1.54) is 133 Å². The Labute approximate surface area is 204 Å². The van der Waals surface area contributed by atoms with Crippen LogP contribution >= 0.6 is 0 Å². The van der Waals surface area contributed by atoms with Gasteiger partial charge in [0.2, 0.25) is 0 Å². The summed E-state index contributed by atoms with van der Waals surface area (Å²) in [6.07, 6.45) is 24.2. The van der Waals surface area contributed by atoms with Gasteiger partial charge in [0.1, 0.15) is 0 Å². The summed E-state index contributed by atoms with van der Waals surface area (Å²) in [7, 11) is 0. The molecule has 0 spiro atoms. The van der Waals surface area contributed by atoms with Crippen molar-refractivity contribution in [2.24, 2.45) is 5.10 Å². The van der Waals surface area contributed by atoms with Crippen molar-refractivity contribution >= 4 is 17.7 Å². The van der Waals surface area contributed by atoms with E-state index in [0.29, 0.717) is 0 Å². The van der Waals surface area contributed by atoms with Gasteiger partial charge in [0, 0.05) is 6.54 Å². The summed E-state index contributed by atoms with van der Waals surface area (Å²) in [6.45, 7) is 1.05. The Morgan fingerprint density at radius 2 is 1.18 bits per heavy atom. The van der Waals surface area contributed by atoms with E-state index in [0.717, 1.165) is 6.54 Å². The lowest BCUT2D eigenvalue weighted by Crippen LogP contribution is -2.14. The lowest BCUT2D eigenvalue weighted by atomic mass is 9.97. The van der Waals surface area contributed by atoms with Gasteiger partial charge in [0.15, 0.2) is 0 Å². The third kappa shape index (κ3) is 11.0. The number of carboxylic acid groups (broad SMARTS) is 2. The van der Waals surface area contributed by atoms with E-state index < -0.39 is 11.9 Å². The number of aromatic carboxylic acids is 2. The molecule has 0 radical (unpaired) electrons. The SMILES string of the molecule is C1=C(/C2=N\NCCCCCCCC2)CCCCCCCCC/1.O=C(O)c1ccccc1C(=O)O. The molecule has 0 fully saturated rings. The van der Waals surface area contributed by atoms with Crippen molar-refractivity contribution in [2.45, 2.75) is 103 Å². The third-order valence-electron chi connectivity index (χ3n) is 6.47. The normalized spacial score (nSPS) is 21.9. The van der Waals surface area contributed by atoms with Gasteiger partial charge in [0.25, 0.3) is 0 Å². The minimum atomic E-state index is -1.23. The van der Waals surface area contributed by atoms with Gasteiger partial charge in [-0.25, -0.2) is 9.59 Å². The van der Waals surface area contributed by atoms with Crippen LogP contribution in [0, 0.1) is 0 Å². The predicted octanol–water partition coefficient (Wildman–Crippen LogP) is 7.21. The molecule has 0 saturated heterocycles. The monoisotopic (exact) mass is 470 g/mol.